The number of hydrogen-bond acceptors (Lipinski definition) is 5. The maximum Gasteiger partial charge on any atom is 0.329 e. The molecule has 1 heterocycles. The molecule has 0 aromatic carbocycles. The lowest BCUT2D eigenvalue weighted by Crippen LogP contribution is -2.27. The Morgan fingerprint density at radius 3 is 2.40 bits per heavy atom. The zero-order chi connectivity index (χ0) is 15.6. The van der Waals surface area contributed by atoms with E-state index in [1.165, 1.54) is 19.9 Å². The molecule has 0 amide bonds. The van der Waals surface area contributed by atoms with Gasteiger partial charge in [0.1, 0.15) is 12.2 Å². The van der Waals surface area contributed by atoms with Crippen LogP contribution >= 0.6 is 15.2 Å². The highest BCUT2D eigenvalue weighted by molar-refractivity contribution is 7.53. The SMILES string of the molecule is COP(C)(=O)O[C@H]1[C@@H](C)[C@H](C)O[C@@H]1/C=C/CP(=O)(O)O. The summed E-state index contributed by atoms with van der Waals surface area (Å²) in [6.45, 7) is 5.15. The highest BCUT2D eigenvalue weighted by atomic mass is 31.2. The summed E-state index contributed by atoms with van der Waals surface area (Å²) in [4.78, 5) is 17.6. The van der Waals surface area contributed by atoms with E-state index in [9.17, 15) is 9.13 Å². The first-order valence-corrected chi connectivity index (χ1v) is 10.0. The van der Waals surface area contributed by atoms with Crippen molar-refractivity contribution in [3.8, 4) is 0 Å². The standard InChI is InChI=1S/C11H22O7P2/c1-8-9(2)17-10(6-5-7-20(13,14)15)11(8)18-19(4,12)16-3/h5-6,8-11H,7H2,1-4H3,(H2,13,14,15)/b6-5+/t8-,9-,10+,11-,19?/m0/s1. The molecule has 20 heavy (non-hydrogen) atoms. The molecule has 1 aliphatic heterocycles. The van der Waals surface area contributed by atoms with E-state index in [1.807, 2.05) is 13.8 Å². The highest BCUT2D eigenvalue weighted by Gasteiger charge is 2.42. The Balaban J connectivity index is 2.77. The van der Waals surface area contributed by atoms with Gasteiger partial charge in [0, 0.05) is 19.7 Å². The Morgan fingerprint density at radius 2 is 1.90 bits per heavy atom. The van der Waals surface area contributed by atoms with E-state index >= 15 is 0 Å². The Labute approximate surface area is 119 Å². The third-order valence-corrected chi connectivity index (χ3v) is 5.24. The van der Waals surface area contributed by atoms with E-state index < -0.39 is 27.4 Å². The quantitative estimate of drug-likeness (QED) is 0.568. The summed E-state index contributed by atoms with van der Waals surface area (Å²) in [6, 6.07) is 0. The molecular formula is C11H22O7P2. The molecule has 0 saturated carbocycles. The van der Waals surface area contributed by atoms with Gasteiger partial charge in [0.25, 0.3) is 0 Å². The van der Waals surface area contributed by atoms with Crippen LogP contribution in [0.5, 0.6) is 0 Å². The lowest BCUT2D eigenvalue weighted by molar-refractivity contribution is 0.0497. The predicted molar refractivity (Wildman–Crippen MR) is 75.0 cm³/mol. The molecule has 7 nitrogen and oxygen atoms in total. The molecule has 5 atom stereocenters. The average molecular weight is 328 g/mol. The van der Waals surface area contributed by atoms with Crippen LogP contribution < -0.4 is 0 Å². The van der Waals surface area contributed by atoms with Gasteiger partial charge in [0.2, 0.25) is 0 Å². The lowest BCUT2D eigenvalue weighted by atomic mass is 9.99. The first kappa shape index (κ1) is 18.1. The van der Waals surface area contributed by atoms with Crippen molar-refractivity contribution in [3.63, 3.8) is 0 Å². The third-order valence-electron chi connectivity index (χ3n) is 3.27. The van der Waals surface area contributed by atoms with E-state index in [4.69, 9.17) is 23.6 Å². The number of hydrogen-bond donors (Lipinski definition) is 2. The minimum atomic E-state index is -4.08. The molecule has 0 bridgehead atoms. The maximum atomic E-state index is 11.9. The highest BCUT2D eigenvalue weighted by Crippen LogP contribution is 2.48. The minimum absolute atomic E-state index is 0.0110. The molecule has 2 N–H and O–H groups in total. The number of ether oxygens (including phenoxy) is 1. The number of rotatable bonds is 6. The number of allylic oxidation sites excluding steroid dienone is 1. The fraction of sp³-hybridized carbons (Fsp3) is 0.818. The van der Waals surface area contributed by atoms with Crippen molar-refractivity contribution in [1.29, 1.82) is 0 Å². The molecule has 1 unspecified atom stereocenters. The molecule has 0 aromatic heterocycles. The van der Waals surface area contributed by atoms with Crippen molar-refractivity contribution in [1.82, 2.24) is 0 Å². The summed E-state index contributed by atoms with van der Waals surface area (Å²) in [6.07, 6.45) is 1.45. The van der Waals surface area contributed by atoms with Crippen molar-refractivity contribution in [3.05, 3.63) is 12.2 Å². The average Bonchev–Trinajstić information content (AvgIpc) is 2.55. The Bertz CT molecular complexity index is 444. The van der Waals surface area contributed by atoms with Gasteiger partial charge in [-0.25, -0.2) is 0 Å². The van der Waals surface area contributed by atoms with Crippen LogP contribution in [-0.2, 0) is 22.9 Å². The van der Waals surface area contributed by atoms with Gasteiger partial charge in [-0.15, -0.1) is 0 Å². The van der Waals surface area contributed by atoms with Gasteiger partial charge >= 0.3 is 15.2 Å². The van der Waals surface area contributed by atoms with Crippen LogP contribution in [0.3, 0.4) is 0 Å². The van der Waals surface area contributed by atoms with Gasteiger partial charge in [-0.2, -0.15) is 0 Å². The topological polar surface area (TPSA) is 102 Å². The molecule has 1 aliphatic rings. The second-order valence-electron chi connectivity index (χ2n) is 4.96. The molecular weight excluding hydrogens is 306 g/mol. The van der Waals surface area contributed by atoms with E-state index in [-0.39, 0.29) is 18.2 Å². The molecule has 0 radical (unpaired) electrons. The second-order valence-corrected chi connectivity index (χ2v) is 8.78. The van der Waals surface area contributed by atoms with Crippen LogP contribution in [0.4, 0.5) is 0 Å². The predicted octanol–water partition coefficient (Wildman–Crippen LogP) is 2.00. The van der Waals surface area contributed by atoms with E-state index in [0.29, 0.717) is 0 Å². The Morgan fingerprint density at radius 1 is 1.30 bits per heavy atom. The van der Waals surface area contributed by atoms with Gasteiger partial charge in [0.15, 0.2) is 0 Å². The lowest BCUT2D eigenvalue weighted by Gasteiger charge is -2.23. The fourth-order valence-corrected chi connectivity index (χ4v) is 3.16. The third kappa shape index (κ3) is 5.41. The van der Waals surface area contributed by atoms with E-state index in [0.717, 1.165) is 0 Å². The van der Waals surface area contributed by atoms with Crippen molar-refractivity contribution in [2.24, 2.45) is 5.92 Å². The van der Waals surface area contributed by atoms with Crippen LogP contribution in [0.25, 0.3) is 0 Å². The molecule has 1 fully saturated rings. The molecule has 0 aliphatic carbocycles. The van der Waals surface area contributed by atoms with Gasteiger partial charge in [-0.05, 0) is 6.92 Å². The molecule has 1 saturated heterocycles. The van der Waals surface area contributed by atoms with E-state index in [2.05, 4.69) is 0 Å². The first-order chi connectivity index (χ1) is 9.06. The van der Waals surface area contributed by atoms with Crippen molar-refractivity contribution < 1.29 is 32.7 Å². The summed E-state index contributed by atoms with van der Waals surface area (Å²) in [5.41, 5.74) is 0. The fourth-order valence-electron chi connectivity index (χ4n) is 1.92. The van der Waals surface area contributed by atoms with Crippen LogP contribution in [-0.4, -0.2) is 48.0 Å². The first-order valence-electron chi connectivity index (χ1n) is 6.24. The molecule has 118 valence electrons. The summed E-state index contributed by atoms with van der Waals surface area (Å²) in [5.74, 6) is -0.0110. The Hall–Kier alpha value is -0.0000000000000000416. The molecule has 0 aromatic rings. The minimum Gasteiger partial charge on any atom is -0.368 e. The van der Waals surface area contributed by atoms with Crippen molar-refractivity contribution >= 4 is 15.2 Å². The zero-order valence-electron chi connectivity index (χ0n) is 12.0. The zero-order valence-corrected chi connectivity index (χ0v) is 13.8. The van der Waals surface area contributed by atoms with Gasteiger partial charge < -0.3 is 23.6 Å². The maximum absolute atomic E-state index is 11.9. The van der Waals surface area contributed by atoms with E-state index in [1.54, 1.807) is 6.08 Å². The van der Waals surface area contributed by atoms with Gasteiger partial charge in [-0.1, -0.05) is 19.1 Å². The van der Waals surface area contributed by atoms with Crippen molar-refractivity contribution in [2.45, 2.75) is 32.2 Å². The van der Waals surface area contributed by atoms with Crippen LogP contribution in [0.15, 0.2) is 12.2 Å². The molecule has 0 spiro atoms. The molecule has 9 heteroatoms. The second kappa shape index (κ2) is 6.84. The summed E-state index contributed by atoms with van der Waals surface area (Å²) < 4.78 is 38.7. The summed E-state index contributed by atoms with van der Waals surface area (Å²) in [5, 5.41) is 0. The van der Waals surface area contributed by atoms with Crippen molar-refractivity contribution in [2.75, 3.05) is 19.9 Å². The van der Waals surface area contributed by atoms with Crippen LogP contribution in [0.2, 0.25) is 0 Å². The van der Waals surface area contributed by atoms with Gasteiger partial charge in [-0.3, -0.25) is 9.13 Å². The van der Waals surface area contributed by atoms with Crippen LogP contribution in [0, 0.1) is 5.92 Å². The monoisotopic (exact) mass is 328 g/mol. The largest absolute Gasteiger partial charge is 0.368 e. The normalized spacial score (nSPS) is 34.5. The van der Waals surface area contributed by atoms with Crippen LogP contribution in [0.1, 0.15) is 13.8 Å². The molecule has 1 rings (SSSR count). The van der Waals surface area contributed by atoms with Gasteiger partial charge in [0.05, 0.1) is 12.3 Å². The summed E-state index contributed by atoms with van der Waals surface area (Å²) in [7, 11) is -5.93. The Kier molecular flexibility index (Phi) is 6.17. The summed E-state index contributed by atoms with van der Waals surface area (Å²) >= 11 is 0. The smallest absolute Gasteiger partial charge is 0.329 e.